The van der Waals surface area contributed by atoms with E-state index in [2.05, 4.69) is 4.72 Å². The summed E-state index contributed by atoms with van der Waals surface area (Å²) in [6.07, 6.45) is 5.92. The average molecular weight is 731 g/mol. The molecule has 1 amide bonds. The lowest BCUT2D eigenvalue weighted by molar-refractivity contribution is -0.396. The molecule has 274 valence electrons. The first-order valence-electron chi connectivity index (χ1n) is 17.4. The first-order chi connectivity index (χ1) is 24.4. The Morgan fingerprint density at radius 1 is 1.06 bits per heavy atom. The molecule has 1 saturated carbocycles. The molecule has 2 aliphatic heterocycles. The molecule has 2 aromatic heterocycles. The molecular formula is C36H43BN6O8S. The van der Waals surface area contributed by atoms with Crippen LogP contribution in [-0.2, 0) is 20.2 Å². The molecule has 1 aliphatic carbocycles. The van der Waals surface area contributed by atoms with Crippen molar-refractivity contribution in [2.45, 2.75) is 89.4 Å². The molecule has 4 heterocycles. The van der Waals surface area contributed by atoms with Gasteiger partial charge in [-0.1, -0.05) is 24.1 Å². The number of aromatic nitrogens is 2. The minimum atomic E-state index is -4.53. The van der Waals surface area contributed by atoms with Crippen LogP contribution in [0.25, 0.3) is 22.2 Å². The molecule has 2 bridgehead atoms. The van der Waals surface area contributed by atoms with E-state index in [1.165, 1.54) is 0 Å². The van der Waals surface area contributed by atoms with Crippen LogP contribution in [0.5, 0.6) is 0 Å². The number of benzene rings is 2. The zero-order valence-corrected chi connectivity index (χ0v) is 30.9. The zero-order chi connectivity index (χ0) is 37.9. The summed E-state index contributed by atoms with van der Waals surface area (Å²) < 4.78 is 31.4. The number of carbonyl (C=O) groups excluding carboxylic acids is 1. The van der Waals surface area contributed by atoms with Crippen molar-refractivity contribution in [3.8, 4) is 11.3 Å². The number of fused-ring (bicyclic) bond motifs is 4. The molecule has 4 aromatic rings. The second kappa shape index (κ2) is 13.7. The highest BCUT2D eigenvalue weighted by atomic mass is 32.2. The molecule has 1 unspecified atom stereocenters. The standard InChI is InChI=1S/C36H43BN6O8S/c1-21-13-22(2)15-25(14-21)34-33(23(3)18-39-52(50,51)31-12-11-27(42(46)47)16-29(31)43(48)49)28-17-32(38-19-30(28)41(34)37(6)45)36(4,5)35(44)40-20-24-7-9-26(40)10-8-24/h11-17,19,23-24,26,39,45H,7-10,18,20H2,1-6H3. The van der Waals surface area contributed by atoms with Gasteiger partial charge in [-0.15, -0.1) is 0 Å². The predicted molar refractivity (Wildman–Crippen MR) is 198 cm³/mol. The van der Waals surface area contributed by atoms with E-state index in [-0.39, 0.29) is 18.5 Å². The van der Waals surface area contributed by atoms with Crippen LogP contribution >= 0.6 is 0 Å². The van der Waals surface area contributed by atoms with E-state index in [0.717, 1.165) is 61.1 Å². The second-order valence-corrected chi connectivity index (χ2v) is 16.6. The van der Waals surface area contributed by atoms with E-state index in [9.17, 15) is 38.5 Å². The fraction of sp³-hybridized carbons (Fsp3) is 0.444. The van der Waals surface area contributed by atoms with Crippen LogP contribution in [0.3, 0.4) is 0 Å². The lowest BCUT2D eigenvalue weighted by atomic mass is 9.77. The minimum Gasteiger partial charge on any atom is -0.432 e. The van der Waals surface area contributed by atoms with E-state index in [0.29, 0.717) is 39.8 Å². The Kier molecular flexibility index (Phi) is 9.78. The van der Waals surface area contributed by atoms with Gasteiger partial charge in [0.25, 0.3) is 11.4 Å². The summed E-state index contributed by atoms with van der Waals surface area (Å²) in [7, 11) is -5.55. The van der Waals surface area contributed by atoms with Crippen molar-refractivity contribution < 1.29 is 28.1 Å². The summed E-state index contributed by atoms with van der Waals surface area (Å²) in [5.41, 5.74) is 2.67. The Hall–Kier alpha value is -4.67. The summed E-state index contributed by atoms with van der Waals surface area (Å²) in [5.74, 6) is -0.0772. The highest BCUT2D eigenvalue weighted by Crippen LogP contribution is 2.42. The summed E-state index contributed by atoms with van der Waals surface area (Å²) in [6.45, 7) is 11.6. The van der Waals surface area contributed by atoms with Gasteiger partial charge in [-0.2, -0.15) is 0 Å². The van der Waals surface area contributed by atoms with Crippen molar-refractivity contribution in [2.24, 2.45) is 5.92 Å². The molecule has 3 aliphatic rings. The van der Waals surface area contributed by atoms with Crippen LogP contribution in [0, 0.1) is 40.0 Å². The van der Waals surface area contributed by atoms with E-state index in [1.807, 2.05) is 56.9 Å². The number of non-ortho nitro benzene ring substituents is 1. The summed E-state index contributed by atoms with van der Waals surface area (Å²) >= 11 is 0. The Balaban J connectivity index is 1.47. The van der Waals surface area contributed by atoms with E-state index < -0.39 is 54.5 Å². The largest absolute Gasteiger partial charge is 0.432 e. The molecule has 2 aromatic carbocycles. The van der Waals surface area contributed by atoms with Gasteiger partial charge in [0.2, 0.25) is 15.9 Å². The van der Waals surface area contributed by atoms with Gasteiger partial charge in [-0.25, -0.2) is 13.1 Å². The quantitative estimate of drug-likeness (QED) is 0.108. The fourth-order valence-corrected chi connectivity index (χ4v) is 9.34. The van der Waals surface area contributed by atoms with Crippen molar-refractivity contribution in [3.63, 3.8) is 0 Å². The van der Waals surface area contributed by atoms with E-state index >= 15 is 0 Å². The summed E-state index contributed by atoms with van der Waals surface area (Å²) in [5, 5.41) is 35.0. The number of hydrogen-bond acceptors (Lipinski definition) is 9. The van der Waals surface area contributed by atoms with Crippen molar-refractivity contribution in [1.29, 1.82) is 0 Å². The number of sulfonamides is 1. The zero-order valence-electron chi connectivity index (χ0n) is 30.1. The number of rotatable bonds is 11. The molecule has 2 saturated heterocycles. The Bertz CT molecular complexity index is 2190. The average Bonchev–Trinajstić information content (AvgIpc) is 3.45. The number of piperidine rings is 2. The third-order valence-electron chi connectivity index (χ3n) is 10.7. The van der Waals surface area contributed by atoms with Crippen LogP contribution in [-0.4, -0.2) is 69.7 Å². The maximum absolute atomic E-state index is 14.2. The Morgan fingerprint density at radius 2 is 1.71 bits per heavy atom. The Morgan fingerprint density at radius 3 is 2.27 bits per heavy atom. The smallest absolute Gasteiger partial charge is 0.414 e. The lowest BCUT2D eigenvalue weighted by Crippen LogP contribution is -2.55. The fourth-order valence-electron chi connectivity index (χ4n) is 8.06. The molecular weight excluding hydrogens is 687 g/mol. The maximum atomic E-state index is 14.2. The highest BCUT2D eigenvalue weighted by Gasteiger charge is 2.43. The SMILES string of the molecule is CB(O)n1c(-c2cc(C)cc(C)c2)c(C(C)CNS(=O)(=O)c2ccc([N+](=O)[O-])cc2[N+](=O)[O-])c2cc(C(C)(C)C(=O)N3CC4CCC3CC4)ncc21. The number of aryl methyl sites for hydroxylation is 2. The van der Waals surface area contributed by atoms with Gasteiger partial charge in [-0.3, -0.25) is 30.0 Å². The highest BCUT2D eigenvalue weighted by molar-refractivity contribution is 7.89. The van der Waals surface area contributed by atoms with E-state index in [4.69, 9.17) is 4.98 Å². The predicted octanol–water partition coefficient (Wildman–Crippen LogP) is 5.86. The molecule has 0 spiro atoms. The van der Waals surface area contributed by atoms with Crippen LogP contribution in [0.4, 0.5) is 11.4 Å². The molecule has 3 fully saturated rings. The van der Waals surface area contributed by atoms with Crippen LogP contribution in [0.2, 0.25) is 6.82 Å². The number of nitro benzene ring substituents is 2. The van der Waals surface area contributed by atoms with Gasteiger partial charge >= 0.3 is 7.05 Å². The lowest BCUT2D eigenvalue weighted by Gasteiger charge is -2.47. The number of carbonyl (C=O) groups is 1. The third-order valence-corrected chi connectivity index (χ3v) is 12.1. The summed E-state index contributed by atoms with van der Waals surface area (Å²) in [4.78, 5) is 41.6. The first-order valence-corrected chi connectivity index (χ1v) is 18.9. The Labute approximate surface area is 302 Å². The van der Waals surface area contributed by atoms with Crippen molar-refractivity contribution >= 4 is 45.3 Å². The second-order valence-electron chi connectivity index (χ2n) is 14.9. The van der Waals surface area contributed by atoms with Gasteiger partial charge in [0, 0.05) is 36.3 Å². The molecule has 14 nitrogen and oxygen atoms in total. The van der Waals surface area contributed by atoms with Crippen LogP contribution in [0.15, 0.2) is 53.6 Å². The topological polar surface area (TPSA) is 191 Å². The van der Waals surface area contributed by atoms with Gasteiger partial charge < -0.3 is 14.4 Å². The van der Waals surface area contributed by atoms with Crippen molar-refractivity contribution in [3.05, 3.63) is 91.3 Å². The molecule has 52 heavy (non-hydrogen) atoms. The third kappa shape index (κ3) is 6.70. The molecule has 7 rings (SSSR count). The number of nitrogens with one attached hydrogen (secondary N) is 1. The van der Waals surface area contributed by atoms with Crippen molar-refractivity contribution in [1.82, 2.24) is 19.1 Å². The number of amides is 1. The molecule has 16 heteroatoms. The minimum absolute atomic E-state index is 0.00490. The number of nitro groups is 2. The number of hydrogen-bond donors (Lipinski definition) is 2. The maximum Gasteiger partial charge on any atom is 0.414 e. The normalized spacial score (nSPS) is 18.1. The van der Waals surface area contributed by atoms with E-state index in [1.54, 1.807) is 24.4 Å². The van der Waals surface area contributed by atoms with Crippen LogP contribution in [0.1, 0.15) is 74.8 Å². The number of pyridine rings is 1. The molecule has 0 radical (unpaired) electrons. The molecule has 1 atom stereocenters. The van der Waals surface area contributed by atoms with Gasteiger partial charge in [-0.05, 0) is 107 Å². The summed E-state index contributed by atoms with van der Waals surface area (Å²) in [6, 6.07) is 10.4. The van der Waals surface area contributed by atoms with Crippen LogP contribution < -0.4 is 4.72 Å². The number of nitrogens with zero attached hydrogens (tertiary/aromatic N) is 5. The monoisotopic (exact) mass is 730 g/mol. The first kappa shape index (κ1) is 37.1. The van der Waals surface area contributed by atoms with Gasteiger partial charge in [0.15, 0.2) is 4.90 Å². The van der Waals surface area contributed by atoms with Gasteiger partial charge in [0.1, 0.15) is 0 Å². The van der Waals surface area contributed by atoms with Gasteiger partial charge in [0.05, 0.1) is 38.7 Å². The van der Waals surface area contributed by atoms with Crippen molar-refractivity contribution in [2.75, 3.05) is 13.1 Å². The molecule has 2 N–H and O–H groups in total.